The van der Waals surface area contributed by atoms with E-state index in [9.17, 15) is 5.11 Å². The van der Waals surface area contributed by atoms with E-state index in [2.05, 4.69) is 68.0 Å². The third-order valence-electron chi connectivity index (χ3n) is 9.41. The highest BCUT2D eigenvalue weighted by molar-refractivity contribution is 5.53. The predicted molar refractivity (Wildman–Crippen MR) is 148 cm³/mol. The van der Waals surface area contributed by atoms with Gasteiger partial charge in [0.05, 0.1) is 11.8 Å². The van der Waals surface area contributed by atoms with Gasteiger partial charge in [-0.1, -0.05) is 25.7 Å². The maximum Gasteiger partial charge on any atom is 0.161 e. The molecule has 0 radical (unpaired) electrons. The highest BCUT2D eigenvalue weighted by Gasteiger charge is 2.47. The number of likely N-dealkylation sites (tertiary alicyclic amines) is 1. The van der Waals surface area contributed by atoms with E-state index in [1.54, 1.807) is 16.9 Å². The molecular formula is C31H42N4O2. The summed E-state index contributed by atoms with van der Waals surface area (Å²) in [6.45, 7) is 21.4. The van der Waals surface area contributed by atoms with Gasteiger partial charge in [-0.15, -0.1) is 6.58 Å². The van der Waals surface area contributed by atoms with Gasteiger partial charge in [0.15, 0.2) is 5.65 Å². The topological polar surface area (TPSA) is 62.9 Å². The summed E-state index contributed by atoms with van der Waals surface area (Å²) in [7, 11) is 0. The van der Waals surface area contributed by atoms with Crippen molar-refractivity contribution in [3.63, 3.8) is 0 Å². The molecule has 3 aliphatic rings. The Kier molecular flexibility index (Phi) is 6.27. The molecule has 2 aromatic rings. The number of fused-ring (bicyclic) bond motifs is 1. The van der Waals surface area contributed by atoms with Crippen molar-refractivity contribution < 1.29 is 9.84 Å². The number of hydrogen-bond acceptors (Lipinski definition) is 5. The first kappa shape index (κ1) is 25.9. The van der Waals surface area contributed by atoms with Crippen LogP contribution in [0, 0.1) is 5.41 Å². The molecule has 198 valence electrons. The lowest BCUT2D eigenvalue weighted by molar-refractivity contribution is 0.0217. The predicted octanol–water partition coefficient (Wildman–Crippen LogP) is 6.10. The number of hydrogen-bond donors (Lipinski definition) is 1. The van der Waals surface area contributed by atoms with Crippen LogP contribution in [0.4, 0.5) is 0 Å². The van der Waals surface area contributed by atoms with Gasteiger partial charge in [-0.25, -0.2) is 9.50 Å². The Hall–Kier alpha value is -2.70. The van der Waals surface area contributed by atoms with E-state index in [1.165, 1.54) is 11.1 Å². The van der Waals surface area contributed by atoms with Crippen LogP contribution >= 0.6 is 0 Å². The SMILES string of the molecule is C=CC1(CC)CCN(C2(C)CC3=C(C=C2CC(=C)C(C)(O)c2cnn4cccnc24)CC(C)(C)O3)CC1. The summed E-state index contributed by atoms with van der Waals surface area (Å²) in [5, 5.41) is 16.2. The maximum absolute atomic E-state index is 11.8. The number of piperidine rings is 1. The molecule has 2 aliphatic heterocycles. The minimum atomic E-state index is -1.26. The second kappa shape index (κ2) is 8.95. The molecule has 6 heteroatoms. The van der Waals surface area contributed by atoms with Crippen LogP contribution in [-0.2, 0) is 10.3 Å². The number of aromatic nitrogens is 3. The van der Waals surface area contributed by atoms with Gasteiger partial charge in [0, 0.05) is 30.8 Å². The van der Waals surface area contributed by atoms with Gasteiger partial charge < -0.3 is 9.84 Å². The van der Waals surface area contributed by atoms with Crippen LogP contribution in [0.1, 0.15) is 78.7 Å². The van der Waals surface area contributed by atoms with Crippen molar-refractivity contribution in [2.24, 2.45) is 5.41 Å². The Bertz CT molecular complexity index is 1290. The van der Waals surface area contributed by atoms with Crippen molar-refractivity contribution in [1.29, 1.82) is 0 Å². The van der Waals surface area contributed by atoms with E-state index in [0.717, 1.165) is 56.5 Å². The van der Waals surface area contributed by atoms with Crippen LogP contribution in [0.5, 0.6) is 0 Å². The van der Waals surface area contributed by atoms with Crippen LogP contribution in [0.3, 0.4) is 0 Å². The van der Waals surface area contributed by atoms with Gasteiger partial charge in [0.2, 0.25) is 0 Å². The monoisotopic (exact) mass is 502 g/mol. The average Bonchev–Trinajstić information content (AvgIpc) is 3.43. The minimum absolute atomic E-state index is 0.190. The highest BCUT2D eigenvalue weighted by atomic mass is 16.5. The summed E-state index contributed by atoms with van der Waals surface area (Å²) in [4.78, 5) is 7.10. The molecular weight excluding hydrogens is 460 g/mol. The fourth-order valence-corrected chi connectivity index (χ4v) is 6.53. The van der Waals surface area contributed by atoms with Gasteiger partial charge in [0.1, 0.15) is 17.0 Å². The van der Waals surface area contributed by atoms with E-state index < -0.39 is 5.60 Å². The fraction of sp³-hybridized carbons (Fsp3) is 0.548. The molecule has 0 saturated carbocycles. The van der Waals surface area contributed by atoms with Crippen LogP contribution in [-0.4, -0.2) is 48.8 Å². The lowest BCUT2D eigenvalue weighted by Gasteiger charge is -2.50. The molecule has 6 nitrogen and oxygen atoms in total. The summed E-state index contributed by atoms with van der Waals surface area (Å²) < 4.78 is 8.15. The molecule has 37 heavy (non-hydrogen) atoms. The zero-order chi connectivity index (χ0) is 26.6. The van der Waals surface area contributed by atoms with Crippen LogP contribution in [0.2, 0.25) is 0 Å². The summed E-state index contributed by atoms with van der Waals surface area (Å²) >= 11 is 0. The summed E-state index contributed by atoms with van der Waals surface area (Å²) in [5.41, 5.74) is 3.23. The van der Waals surface area contributed by atoms with Crippen molar-refractivity contribution in [2.45, 2.75) is 89.9 Å². The number of rotatable bonds is 7. The van der Waals surface area contributed by atoms with E-state index in [4.69, 9.17) is 4.74 Å². The van der Waals surface area contributed by atoms with Crippen molar-refractivity contribution >= 4 is 5.65 Å². The van der Waals surface area contributed by atoms with Crippen molar-refractivity contribution in [1.82, 2.24) is 19.5 Å². The first-order chi connectivity index (χ1) is 17.4. The van der Waals surface area contributed by atoms with Crippen molar-refractivity contribution in [3.8, 4) is 0 Å². The number of nitrogens with zero attached hydrogens (tertiary/aromatic N) is 4. The Balaban J connectivity index is 1.46. The molecule has 1 fully saturated rings. The third kappa shape index (κ3) is 4.38. The second-order valence-electron chi connectivity index (χ2n) is 12.3. The maximum atomic E-state index is 11.8. The van der Waals surface area contributed by atoms with E-state index in [-0.39, 0.29) is 16.6 Å². The molecule has 0 amide bonds. The first-order valence-corrected chi connectivity index (χ1v) is 13.6. The minimum Gasteiger partial charge on any atom is -0.491 e. The van der Waals surface area contributed by atoms with Gasteiger partial charge in [-0.3, -0.25) is 4.90 Å². The van der Waals surface area contributed by atoms with Crippen molar-refractivity contribution in [3.05, 3.63) is 78.0 Å². The van der Waals surface area contributed by atoms with Crippen LogP contribution in [0.25, 0.3) is 5.65 Å². The molecule has 0 spiro atoms. The fourth-order valence-electron chi connectivity index (χ4n) is 6.53. The zero-order valence-corrected chi connectivity index (χ0v) is 23.2. The summed E-state index contributed by atoms with van der Waals surface area (Å²) in [5.74, 6) is 1.12. The quantitative estimate of drug-likeness (QED) is 0.463. The Morgan fingerprint density at radius 3 is 2.65 bits per heavy atom. The standard InChI is InChI=1S/C31H42N4O2/c1-8-31(9-2)11-15-34(16-12-31)29(6)20-26-23(19-28(4,5)37-26)18-24(29)17-22(3)30(7,36)25-21-33-35-14-10-13-32-27(25)35/h8,10,13-14,18,21,36H,1,3,9,11-12,15-17,19-20H2,2,4-7H3. The first-order valence-electron chi connectivity index (χ1n) is 13.6. The second-order valence-corrected chi connectivity index (χ2v) is 12.3. The number of allylic oxidation sites excluding steroid dienone is 2. The average molecular weight is 503 g/mol. The summed E-state index contributed by atoms with van der Waals surface area (Å²) in [6, 6.07) is 1.83. The molecule has 2 unspecified atom stereocenters. The molecule has 0 bridgehead atoms. The van der Waals surface area contributed by atoms with Crippen LogP contribution in [0.15, 0.2) is 72.4 Å². The van der Waals surface area contributed by atoms with Crippen molar-refractivity contribution in [2.75, 3.05) is 13.1 Å². The Morgan fingerprint density at radius 2 is 1.97 bits per heavy atom. The molecule has 0 aromatic carbocycles. The molecule has 1 saturated heterocycles. The smallest absolute Gasteiger partial charge is 0.161 e. The molecule has 4 heterocycles. The third-order valence-corrected chi connectivity index (χ3v) is 9.41. The molecule has 1 aliphatic carbocycles. The van der Waals surface area contributed by atoms with E-state index in [1.807, 2.05) is 19.2 Å². The largest absolute Gasteiger partial charge is 0.491 e. The number of ether oxygens (including phenoxy) is 1. The Labute approximate surface area is 221 Å². The molecule has 2 atom stereocenters. The molecule has 2 aromatic heterocycles. The van der Waals surface area contributed by atoms with E-state index in [0.29, 0.717) is 17.6 Å². The van der Waals surface area contributed by atoms with Gasteiger partial charge >= 0.3 is 0 Å². The lowest BCUT2D eigenvalue weighted by Crippen LogP contribution is -2.54. The zero-order valence-electron chi connectivity index (χ0n) is 23.2. The normalized spacial score (nSPS) is 26.8. The molecule has 1 N–H and O–H groups in total. The Morgan fingerprint density at radius 1 is 1.24 bits per heavy atom. The van der Waals surface area contributed by atoms with Gasteiger partial charge in [0.25, 0.3) is 0 Å². The molecule has 5 rings (SSSR count). The van der Waals surface area contributed by atoms with Crippen LogP contribution < -0.4 is 0 Å². The number of aliphatic hydroxyl groups is 1. The van der Waals surface area contributed by atoms with E-state index >= 15 is 0 Å². The van der Waals surface area contributed by atoms with Gasteiger partial charge in [-0.2, -0.15) is 5.10 Å². The van der Waals surface area contributed by atoms with Gasteiger partial charge in [-0.05, 0) is 94.7 Å². The highest BCUT2D eigenvalue weighted by Crippen LogP contribution is 2.50. The summed E-state index contributed by atoms with van der Waals surface area (Å²) in [6.07, 6.45) is 15.5. The lowest BCUT2D eigenvalue weighted by atomic mass is 9.71.